The van der Waals surface area contributed by atoms with Gasteiger partial charge in [0.2, 0.25) is 10.0 Å². The third-order valence-corrected chi connectivity index (χ3v) is 5.96. The number of pyridine rings is 1. The molecule has 0 saturated heterocycles. The molecule has 134 valence electrons. The van der Waals surface area contributed by atoms with E-state index >= 15 is 0 Å². The molecule has 0 spiro atoms. The molecular formula is C18H22N2O4S. The van der Waals surface area contributed by atoms with Gasteiger partial charge in [0.15, 0.2) is 0 Å². The molecule has 2 N–H and O–H groups in total. The molecular weight excluding hydrogens is 340 g/mol. The van der Waals surface area contributed by atoms with Crippen molar-refractivity contribution in [3.05, 3.63) is 54.4 Å². The number of benzene rings is 1. The Bertz CT molecular complexity index is 843. The number of aromatic nitrogens is 1. The highest BCUT2D eigenvalue weighted by Crippen LogP contribution is 2.26. The van der Waals surface area contributed by atoms with E-state index in [2.05, 4.69) is 9.71 Å². The summed E-state index contributed by atoms with van der Waals surface area (Å²) in [5.41, 5.74) is 2.23. The molecule has 1 aromatic heterocycles. The van der Waals surface area contributed by atoms with Crippen molar-refractivity contribution in [3.8, 4) is 11.1 Å². The molecule has 0 fully saturated rings. The number of carboxylic acids is 1. The lowest BCUT2D eigenvalue weighted by Gasteiger charge is -2.25. The number of nitrogens with zero attached hydrogens (tertiary/aromatic N) is 1. The van der Waals surface area contributed by atoms with Crippen molar-refractivity contribution < 1.29 is 18.3 Å². The highest BCUT2D eigenvalue weighted by molar-refractivity contribution is 7.90. The van der Waals surface area contributed by atoms with E-state index in [0.29, 0.717) is 5.56 Å². The number of aliphatic carboxylic acids is 1. The zero-order chi connectivity index (χ0) is 18.7. The van der Waals surface area contributed by atoms with Gasteiger partial charge in [-0.1, -0.05) is 30.3 Å². The lowest BCUT2D eigenvalue weighted by Crippen LogP contribution is -2.41. The van der Waals surface area contributed by atoms with Gasteiger partial charge in [0.1, 0.15) is 0 Å². The van der Waals surface area contributed by atoms with Crippen LogP contribution in [0.1, 0.15) is 38.8 Å². The second-order valence-electron chi connectivity index (χ2n) is 6.76. The molecule has 0 bridgehead atoms. The summed E-state index contributed by atoms with van der Waals surface area (Å²) in [5.74, 6) is -1.09. The Hall–Kier alpha value is -2.25. The zero-order valence-corrected chi connectivity index (χ0v) is 15.2. The van der Waals surface area contributed by atoms with Gasteiger partial charge in [0.05, 0.1) is 17.2 Å². The number of hydrogen-bond donors (Lipinski definition) is 2. The molecule has 0 saturated carbocycles. The molecule has 1 heterocycles. The number of carboxylic acid groups (broad SMARTS) is 1. The fourth-order valence-corrected chi connectivity index (χ4v) is 3.15. The van der Waals surface area contributed by atoms with E-state index in [1.54, 1.807) is 33.0 Å². The fourth-order valence-electron chi connectivity index (χ4n) is 2.20. The number of rotatable bonds is 6. The van der Waals surface area contributed by atoms with Crippen LogP contribution in [0.2, 0.25) is 0 Å². The molecule has 0 aliphatic heterocycles. The summed E-state index contributed by atoms with van der Waals surface area (Å²) in [5, 5.41) is 9.18. The predicted octanol–water partition coefficient (Wildman–Crippen LogP) is 2.98. The third-order valence-electron chi connectivity index (χ3n) is 3.75. The van der Waals surface area contributed by atoms with Crippen LogP contribution in [-0.2, 0) is 14.8 Å². The number of carbonyl (C=O) groups is 1. The lowest BCUT2D eigenvalue weighted by atomic mass is 10.0. The Morgan fingerprint density at radius 3 is 2.36 bits per heavy atom. The first-order chi connectivity index (χ1) is 11.6. The highest BCUT2D eigenvalue weighted by atomic mass is 32.2. The van der Waals surface area contributed by atoms with Crippen LogP contribution in [0.3, 0.4) is 0 Å². The van der Waals surface area contributed by atoms with E-state index in [-0.39, 0.29) is 6.42 Å². The zero-order valence-electron chi connectivity index (χ0n) is 14.4. The van der Waals surface area contributed by atoms with E-state index in [9.17, 15) is 18.3 Å². The van der Waals surface area contributed by atoms with Crippen LogP contribution < -0.4 is 4.72 Å². The SMILES string of the molecule is CC(C)(C)S(=O)(=O)N[C@@H](CC(=O)O)c1cncc(-c2ccccc2)c1. The summed E-state index contributed by atoms with van der Waals surface area (Å²) < 4.78 is 26.4. The smallest absolute Gasteiger partial charge is 0.305 e. The first kappa shape index (κ1) is 19.1. The minimum Gasteiger partial charge on any atom is -0.481 e. The van der Waals surface area contributed by atoms with E-state index in [0.717, 1.165) is 11.1 Å². The summed E-state index contributed by atoms with van der Waals surface area (Å²) in [4.78, 5) is 15.4. The molecule has 1 aromatic carbocycles. The normalized spacial score (nSPS) is 13.4. The molecule has 1 atom stereocenters. The Balaban J connectivity index is 2.40. The van der Waals surface area contributed by atoms with Crippen LogP contribution in [0.5, 0.6) is 0 Å². The van der Waals surface area contributed by atoms with E-state index in [1.807, 2.05) is 30.3 Å². The molecule has 6 nitrogen and oxygen atoms in total. The highest BCUT2D eigenvalue weighted by Gasteiger charge is 2.32. The summed E-state index contributed by atoms with van der Waals surface area (Å²) in [7, 11) is -3.71. The van der Waals surface area contributed by atoms with Gasteiger partial charge in [-0.2, -0.15) is 0 Å². The van der Waals surface area contributed by atoms with Crippen LogP contribution in [0.25, 0.3) is 11.1 Å². The van der Waals surface area contributed by atoms with Crippen molar-refractivity contribution in [3.63, 3.8) is 0 Å². The Morgan fingerprint density at radius 1 is 1.16 bits per heavy atom. The van der Waals surface area contributed by atoms with Gasteiger partial charge in [-0.3, -0.25) is 9.78 Å². The molecule has 0 amide bonds. The van der Waals surface area contributed by atoms with Crippen molar-refractivity contribution >= 4 is 16.0 Å². The maximum Gasteiger partial charge on any atom is 0.305 e. The Labute approximate surface area is 148 Å². The average Bonchev–Trinajstić information content (AvgIpc) is 2.53. The summed E-state index contributed by atoms with van der Waals surface area (Å²) in [6, 6.07) is 10.4. The maximum atomic E-state index is 12.4. The molecule has 2 rings (SSSR count). The summed E-state index contributed by atoms with van der Waals surface area (Å²) >= 11 is 0. The van der Waals surface area contributed by atoms with E-state index in [4.69, 9.17) is 0 Å². The quantitative estimate of drug-likeness (QED) is 0.823. The Morgan fingerprint density at radius 2 is 1.80 bits per heavy atom. The van der Waals surface area contributed by atoms with Crippen LogP contribution in [-0.4, -0.2) is 29.2 Å². The summed E-state index contributed by atoms with van der Waals surface area (Å²) in [6.07, 6.45) is 2.79. The van der Waals surface area contributed by atoms with Crippen molar-refractivity contribution in [2.75, 3.05) is 0 Å². The van der Waals surface area contributed by atoms with Crippen molar-refractivity contribution in [2.24, 2.45) is 0 Å². The second kappa shape index (κ2) is 7.33. The van der Waals surface area contributed by atoms with Crippen LogP contribution >= 0.6 is 0 Å². The molecule has 0 aliphatic carbocycles. The third kappa shape index (κ3) is 4.87. The predicted molar refractivity (Wildman–Crippen MR) is 96.5 cm³/mol. The minimum absolute atomic E-state index is 0.366. The number of sulfonamides is 1. The standard InChI is InChI=1S/C18H22N2O4S/c1-18(2,3)25(23,24)20-16(10-17(21)22)15-9-14(11-19-12-15)13-7-5-4-6-8-13/h4-9,11-12,16,20H,10H2,1-3H3,(H,21,22)/t16-/m0/s1. The van der Waals surface area contributed by atoms with E-state index in [1.165, 1.54) is 6.20 Å². The molecule has 0 aliphatic rings. The van der Waals surface area contributed by atoms with Crippen molar-refractivity contribution in [2.45, 2.75) is 38.0 Å². The molecule has 0 radical (unpaired) electrons. The van der Waals surface area contributed by atoms with Gasteiger partial charge >= 0.3 is 5.97 Å². The van der Waals surface area contributed by atoms with Crippen LogP contribution in [0, 0.1) is 0 Å². The Kier molecular flexibility index (Phi) is 5.59. The van der Waals surface area contributed by atoms with E-state index < -0.39 is 26.8 Å². The first-order valence-corrected chi connectivity index (χ1v) is 9.32. The summed E-state index contributed by atoms with van der Waals surface area (Å²) in [6.45, 7) is 4.68. The first-order valence-electron chi connectivity index (χ1n) is 7.84. The fraction of sp³-hybridized carbons (Fsp3) is 0.333. The van der Waals surface area contributed by atoms with Gasteiger partial charge in [0, 0.05) is 18.0 Å². The van der Waals surface area contributed by atoms with Crippen LogP contribution in [0.4, 0.5) is 0 Å². The van der Waals surface area contributed by atoms with Crippen molar-refractivity contribution in [1.82, 2.24) is 9.71 Å². The molecule has 2 aromatic rings. The van der Waals surface area contributed by atoms with Gasteiger partial charge < -0.3 is 5.11 Å². The maximum absolute atomic E-state index is 12.4. The monoisotopic (exact) mass is 362 g/mol. The second-order valence-corrected chi connectivity index (χ2v) is 9.22. The van der Waals surface area contributed by atoms with Crippen molar-refractivity contribution in [1.29, 1.82) is 0 Å². The van der Waals surface area contributed by atoms with Gasteiger partial charge in [-0.25, -0.2) is 13.1 Å². The van der Waals surface area contributed by atoms with Gasteiger partial charge in [-0.05, 0) is 38.0 Å². The largest absolute Gasteiger partial charge is 0.481 e. The average molecular weight is 362 g/mol. The van der Waals surface area contributed by atoms with Crippen LogP contribution in [0.15, 0.2) is 48.8 Å². The number of hydrogen-bond acceptors (Lipinski definition) is 4. The minimum atomic E-state index is -3.71. The topological polar surface area (TPSA) is 96.4 Å². The number of nitrogens with one attached hydrogen (secondary N) is 1. The van der Waals surface area contributed by atoms with Gasteiger partial charge in [-0.15, -0.1) is 0 Å². The lowest BCUT2D eigenvalue weighted by molar-refractivity contribution is -0.137. The molecule has 25 heavy (non-hydrogen) atoms. The molecule has 7 heteroatoms. The molecule has 0 unspecified atom stereocenters. The van der Waals surface area contributed by atoms with Gasteiger partial charge in [0.25, 0.3) is 0 Å².